The topological polar surface area (TPSA) is 101 Å². The van der Waals surface area contributed by atoms with Crippen LogP contribution in [-0.2, 0) is 20.8 Å². The molecule has 1 aliphatic heterocycles. The van der Waals surface area contributed by atoms with Gasteiger partial charge in [0.2, 0.25) is 11.8 Å². The summed E-state index contributed by atoms with van der Waals surface area (Å²) in [6.07, 6.45) is 0.957. The highest BCUT2D eigenvalue weighted by molar-refractivity contribution is 8.00. The van der Waals surface area contributed by atoms with Gasteiger partial charge in [-0.1, -0.05) is 19.1 Å². The molecule has 1 fully saturated rings. The molecule has 6 nitrogen and oxygen atoms in total. The molecular formula is C15H18N2O4S. The molecular weight excluding hydrogens is 304 g/mol. The normalized spacial score (nSPS) is 19.5. The van der Waals surface area contributed by atoms with Gasteiger partial charge in [0.25, 0.3) is 0 Å². The third-order valence-corrected chi connectivity index (χ3v) is 4.82. The van der Waals surface area contributed by atoms with Crippen LogP contribution in [-0.4, -0.2) is 39.9 Å². The highest BCUT2D eigenvalue weighted by Gasteiger charge is 2.40. The van der Waals surface area contributed by atoms with Gasteiger partial charge >= 0.3 is 5.97 Å². The number of amides is 2. The average molecular weight is 322 g/mol. The standard InChI is InChI=1S/C15H18N2O4S/c1-2-9-3-5-10(6-4-9)17-13(18)7-12(14(17)19)22-8-11(16)15(20)21/h3-6,11-12H,2,7-8,16H2,1H3,(H,20,21)/t11-,12+/m0/s1. The lowest BCUT2D eigenvalue weighted by Gasteiger charge is -2.15. The Morgan fingerprint density at radius 3 is 2.59 bits per heavy atom. The Hall–Kier alpha value is -1.86. The smallest absolute Gasteiger partial charge is 0.321 e. The molecule has 0 bridgehead atoms. The Kier molecular flexibility index (Phi) is 5.20. The second-order valence-corrected chi connectivity index (χ2v) is 6.29. The van der Waals surface area contributed by atoms with Crippen molar-refractivity contribution in [2.24, 2.45) is 5.73 Å². The Labute approximate surface area is 132 Å². The first kappa shape index (κ1) is 16.5. The van der Waals surface area contributed by atoms with E-state index < -0.39 is 17.3 Å². The first-order valence-electron chi connectivity index (χ1n) is 6.99. The highest BCUT2D eigenvalue weighted by atomic mass is 32.2. The zero-order chi connectivity index (χ0) is 16.3. The monoisotopic (exact) mass is 322 g/mol. The van der Waals surface area contributed by atoms with Gasteiger partial charge in [0.15, 0.2) is 0 Å². The van der Waals surface area contributed by atoms with E-state index in [0.717, 1.165) is 23.7 Å². The number of thioether (sulfide) groups is 1. The molecule has 0 unspecified atom stereocenters. The molecule has 0 aromatic heterocycles. The Morgan fingerprint density at radius 1 is 1.41 bits per heavy atom. The number of hydrogen-bond acceptors (Lipinski definition) is 5. The number of hydrogen-bond donors (Lipinski definition) is 2. The van der Waals surface area contributed by atoms with Crippen LogP contribution >= 0.6 is 11.8 Å². The van der Waals surface area contributed by atoms with E-state index in [1.165, 1.54) is 4.90 Å². The summed E-state index contributed by atoms with van der Waals surface area (Å²) < 4.78 is 0. The van der Waals surface area contributed by atoms with Crippen LogP contribution in [0.1, 0.15) is 18.9 Å². The summed E-state index contributed by atoms with van der Waals surface area (Å²) in [6, 6.07) is 6.24. The van der Waals surface area contributed by atoms with Crippen molar-refractivity contribution in [2.75, 3.05) is 10.7 Å². The van der Waals surface area contributed by atoms with E-state index in [1.807, 2.05) is 19.1 Å². The first-order chi connectivity index (χ1) is 10.4. The molecule has 2 atom stereocenters. The number of rotatable bonds is 6. The third-order valence-electron chi connectivity index (χ3n) is 3.50. The van der Waals surface area contributed by atoms with Gasteiger partial charge in [0.1, 0.15) is 6.04 Å². The van der Waals surface area contributed by atoms with Gasteiger partial charge in [-0.25, -0.2) is 4.90 Å². The molecule has 1 heterocycles. The third kappa shape index (κ3) is 3.48. The summed E-state index contributed by atoms with van der Waals surface area (Å²) in [7, 11) is 0. The predicted octanol–water partition coefficient (Wildman–Crippen LogP) is 1.03. The second kappa shape index (κ2) is 6.93. The van der Waals surface area contributed by atoms with Crippen LogP contribution in [0.15, 0.2) is 24.3 Å². The minimum Gasteiger partial charge on any atom is -0.480 e. The number of aryl methyl sites for hydroxylation is 1. The number of benzene rings is 1. The second-order valence-electron chi connectivity index (χ2n) is 5.06. The maximum absolute atomic E-state index is 12.3. The van der Waals surface area contributed by atoms with Gasteiger partial charge in [-0.15, -0.1) is 11.8 Å². The number of carboxylic acids is 1. The number of carbonyl (C=O) groups is 3. The number of anilines is 1. The molecule has 2 rings (SSSR count). The molecule has 7 heteroatoms. The quantitative estimate of drug-likeness (QED) is 0.759. The molecule has 118 valence electrons. The Morgan fingerprint density at radius 2 is 2.05 bits per heavy atom. The van der Waals surface area contributed by atoms with Gasteiger partial charge < -0.3 is 10.8 Å². The molecule has 22 heavy (non-hydrogen) atoms. The summed E-state index contributed by atoms with van der Waals surface area (Å²) in [5.41, 5.74) is 7.10. The molecule has 0 saturated carbocycles. The van der Waals surface area contributed by atoms with E-state index in [4.69, 9.17) is 10.8 Å². The molecule has 0 spiro atoms. The van der Waals surface area contributed by atoms with Crippen LogP contribution in [0.25, 0.3) is 0 Å². The minimum absolute atomic E-state index is 0.0748. The van der Waals surface area contributed by atoms with Gasteiger partial charge in [-0.2, -0.15) is 0 Å². The Bertz CT molecular complexity index is 588. The van der Waals surface area contributed by atoms with Crippen molar-refractivity contribution in [2.45, 2.75) is 31.1 Å². The van der Waals surface area contributed by atoms with Crippen LogP contribution in [0.5, 0.6) is 0 Å². The SMILES string of the molecule is CCc1ccc(N2C(=O)C[C@@H](SC[C@H](N)C(=O)O)C2=O)cc1. The molecule has 1 aliphatic rings. The van der Waals surface area contributed by atoms with Crippen molar-refractivity contribution in [1.82, 2.24) is 0 Å². The van der Waals surface area contributed by atoms with Crippen molar-refractivity contribution in [1.29, 1.82) is 0 Å². The van der Waals surface area contributed by atoms with Gasteiger partial charge in [-0.3, -0.25) is 14.4 Å². The molecule has 0 radical (unpaired) electrons. The van der Waals surface area contributed by atoms with Crippen LogP contribution in [0.3, 0.4) is 0 Å². The molecule has 3 N–H and O–H groups in total. The van der Waals surface area contributed by atoms with Crippen LogP contribution < -0.4 is 10.6 Å². The van der Waals surface area contributed by atoms with Crippen LogP contribution in [0.4, 0.5) is 5.69 Å². The number of carbonyl (C=O) groups excluding carboxylic acids is 2. The van der Waals surface area contributed by atoms with Crippen LogP contribution in [0.2, 0.25) is 0 Å². The molecule has 1 saturated heterocycles. The summed E-state index contributed by atoms with van der Waals surface area (Å²) >= 11 is 1.12. The number of nitrogens with zero attached hydrogens (tertiary/aromatic N) is 1. The lowest BCUT2D eigenvalue weighted by atomic mass is 10.1. The van der Waals surface area contributed by atoms with Crippen molar-refractivity contribution in [3.63, 3.8) is 0 Å². The zero-order valence-corrected chi connectivity index (χ0v) is 13.0. The number of aliphatic carboxylic acids is 1. The maximum Gasteiger partial charge on any atom is 0.321 e. The average Bonchev–Trinajstić information content (AvgIpc) is 2.79. The maximum atomic E-state index is 12.3. The Balaban J connectivity index is 2.06. The summed E-state index contributed by atoms with van der Waals surface area (Å²) in [4.78, 5) is 36.3. The van der Waals surface area contributed by atoms with Crippen molar-refractivity contribution < 1.29 is 19.5 Å². The summed E-state index contributed by atoms with van der Waals surface area (Å²) in [5, 5.41) is 8.19. The van der Waals surface area contributed by atoms with E-state index >= 15 is 0 Å². The van der Waals surface area contributed by atoms with E-state index in [-0.39, 0.29) is 24.0 Å². The molecule has 1 aromatic carbocycles. The highest BCUT2D eigenvalue weighted by Crippen LogP contribution is 2.30. The van der Waals surface area contributed by atoms with Crippen LogP contribution in [0, 0.1) is 0 Å². The van der Waals surface area contributed by atoms with E-state index in [1.54, 1.807) is 12.1 Å². The van der Waals surface area contributed by atoms with E-state index in [2.05, 4.69) is 0 Å². The molecule has 2 amide bonds. The minimum atomic E-state index is -1.11. The van der Waals surface area contributed by atoms with E-state index in [9.17, 15) is 14.4 Å². The number of imide groups is 1. The van der Waals surface area contributed by atoms with Crippen molar-refractivity contribution in [3.8, 4) is 0 Å². The summed E-state index contributed by atoms with van der Waals surface area (Å²) in [5.74, 6) is -1.59. The lowest BCUT2D eigenvalue weighted by Crippen LogP contribution is -2.35. The fraction of sp³-hybridized carbons (Fsp3) is 0.400. The molecule has 0 aliphatic carbocycles. The summed E-state index contributed by atoms with van der Waals surface area (Å²) in [6.45, 7) is 2.03. The largest absolute Gasteiger partial charge is 0.480 e. The zero-order valence-electron chi connectivity index (χ0n) is 12.2. The van der Waals surface area contributed by atoms with Crippen molar-refractivity contribution in [3.05, 3.63) is 29.8 Å². The first-order valence-corrected chi connectivity index (χ1v) is 8.04. The number of nitrogens with two attached hydrogens (primary N) is 1. The van der Waals surface area contributed by atoms with Crippen molar-refractivity contribution >= 4 is 35.2 Å². The van der Waals surface area contributed by atoms with E-state index in [0.29, 0.717) is 5.69 Å². The predicted molar refractivity (Wildman–Crippen MR) is 84.8 cm³/mol. The van der Waals surface area contributed by atoms with Gasteiger partial charge in [-0.05, 0) is 24.1 Å². The fourth-order valence-corrected chi connectivity index (χ4v) is 3.27. The van der Waals surface area contributed by atoms with Gasteiger partial charge in [0, 0.05) is 12.2 Å². The lowest BCUT2D eigenvalue weighted by molar-refractivity contribution is -0.138. The molecule has 1 aromatic rings. The van der Waals surface area contributed by atoms with Gasteiger partial charge in [0.05, 0.1) is 10.9 Å². The fourth-order valence-electron chi connectivity index (χ4n) is 2.18. The number of carboxylic acid groups (broad SMARTS) is 1.